The van der Waals surface area contributed by atoms with Gasteiger partial charge in [-0.3, -0.25) is 4.79 Å². The minimum Gasteiger partial charge on any atom is -0.449 e. The van der Waals surface area contributed by atoms with Gasteiger partial charge in [-0.05, 0) is 56.2 Å². The zero-order valence-corrected chi connectivity index (χ0v) is 19.6. The van der Waals surface area contributed by atoms with Crippen molar-refractivity contribution >= 4 is 33.3 Å². The van der Waals surface area contributed by atoms with E-state index >= 15 is 0 Å². The highest BCUT2D eigenvalue weighted by Gasteiger charge is 2.27. The third-order valence-electron chi connectivity index (χ3n) is 5.33. The van der Waals surface area contributed by atoms with E-state index in [0.29, 0.717) is 16.9 Å². The van der Waals surface area contributed by atoms with Crippen LogP contribution in [0, 0.1) is 11.3 Å². The van der Waals surface area contributed by atoms with Crippen molar-refractivity contribution in [3.63, 3.8) is 0 Å². The molecule has 33 heavy (non-hydrogen) atoms. The van der Waals surface area contributed by atoms with Crippen LogP contribution >= 0.6 is 0 Å². The van der Waals surface area contributed by atoms with Gasteiger partial charge in [-0.1, -0.05) is 6.07 Å². The number of ether oxygens (including phenoxy) is 1. The summed E-state index contributed by atoms with van der Waals surface area (Å²) in [5.41, 5.74) is 1.45. The fourth-order valence-corrected chi connectivity index (χ4v) is 4.40. The van der Waals surface area contributed by atoms with E-state index in [4.69, 9.17) is 10.00 Å². The molecule has 1 aliphatic heterocycles. The third-order valence-corrected chi connectivity index (χ3v) is 7.14. The van der Waals surface area contributed by atoms with Gasteiger partial charge in [0.15, 0.2) is 6.10 Å². The molecular formula is C23H26N4O5S. The lowest BCUT2D eigenvalue weighted by Crippen LogP contribution is -2.31. The van der Waals surface area contributed by atoms with E-state index in [1.54, 1.807) is 24.3 Å². The predicted molar refractivity (Wildman–Crippen MR) is 123 cm³/mol. The lowest BCUT2D eigenvalue weighted by molar-refractivity contribution is -0.123. The second-order valence-electron chi connectivity index (χ2n) is 7.89. The summed E-state index contributed by atoms with van der Waals surface area (Å²) >= 11 is 0. The van der Waals surface area contributed by atoms with Crippen LogP contribution in [-0.4, -0.2) is 57.9 Å². The lowest BCUT2D eigenvalue weighted by Gasteiger charge is -2.23. The van der Waals surface area contributed by atoms with Crippen LogP contribution in [0.3, 0.4) is 0 Å². The van der Waals surface area contributed by atoms with E-state index in [1.807, 2.05) is 11.0 Å². The Morgan fingerprint density at radius 1 is 1.15 bits per heavy atom. The van der Waals surface area contributed by atoms with Crippen molar-refractivity contribution in [3.05, 3.63) is 53.6 Å². The number of hydrogen-bond donors (Lipinski definition) is 1. The molecule has 0 saturated carbocycles. The van der Waals surface area contributed by atoms with Gasteiger partial charge in [0.05, 0.1) is 27.8 Å². The van der Waals surface area contributed by atoms with Gasteiger partial charge in [0, 0.05) is 32.9 Å². The molecule has 1 heterocycles. The van der Waals surface area contributed by atoms with Crippen molar-refractivity contribution in [1.29, 1.82) is 5.26 Å². The first kappa shape index (κ1) is 24.2. The summed E-state index contributed by atoms with van der Waals surface area (Å²) in [5, 5.41) is 11.6. The Hall–Kier alpha value is -3.42. The number of nitrogens with zero attached hydrogens (tertiary/aromatic N) is 3. The van der Waals surface area contributed by atoms with Crippen LogP contribution in [0.4, 0.5) is 11.4 Å². The minimum atomic E-state index is -3.76. The maximum Gasteiger partial charge on any atom is 0.341 e. The summed E-state index contributed by atoms with van der Waals surface area (Å²) < 4.78 is 31.7. The molecule has 1 saturated heterocycles. The summed E-state index contributed by atoms with van der Waals surface area (Å²) in [6, 6.07) is 12.7. The number of nitriles is 1. The molecule has 1 fully saturated rings. The van der Waals surface area contributed by atoms with Crippen LogP contribution in [0.15, 0.2) is 47.4 Å². The van der Waals surface area contributed by atoms with Crippen molar-refractivity contribution < 1.29 is 22.7 Å². The number of hydrogen-bond acceptors (Lipinski definition) is 7. The number of amides is 1. The van der Waals surface area contributed by atoms with Gasteiger partial charge in [0.25, 0.3) is 5.91 Å². The second kappa shape index (κ2) is 10.0. The van der Waals surface area contributed by atoms with Gasteiger partial charge in [-0.15, -0.1) is 0 Å². The van der Waals surface area contributed by atoms with E-state index in [2.05, 4.69) is 5.32 Å². The van der Waals surface area contributed by atoms with E-state index in [0.717, 1.165) is 30.2 Å². The maximum atomic E-state index is 13.1. The minimum absolute atomic E-state index is 0.0344. The topological polar surface area (TPSA) is 120 Å². The Bertz CT molecular complexity index is 1200. The summed E-state index contributed by atoms with van der Waals surface area (Å²) in [5.74, 6) is -1.36. The van der Waals surface area contributed by atoms with E-state index in [-0.39, 0.29) is 10.5 Å². The highest BCUT2D eigenvalue weighted by molar-refractivity contribution is 7.89. The van der Waals surface area contributed by atoms with Crippen LogP contribution < -0.4 is 10.2 Å². The molecule has 0 radical (unpaired) electrons. The molecule has 0 bridgehead atoms. The molecule has 10 heteroatoms. The van der Waals surface area contributed by atoms with Crippen molar-refractivity contribution in [2.45, 2.75) is 30.8 Å². The summed E-state index contributed by atoms with van der Waals surface area (Å²) in [6.45, 7) is 2.91. The molecule has 9 nitrogen and oxygen atoms in total. The first-order valence-electron chi connectivity index (χ1n) is 10.5. The SMILES string of the molecule is CC(OC(=O)c1cc(S(=O)(=O)N(C)C)ccc1N1CCCC1)C(=O)Nc1cccc(C#N)c1. The highest BCUT2D eigenvalue weighted by Crippen LogP contribution is 2.29. The lowest BCUT2D eigenvalue weighted by atomic mass is 10.1. The average Bonchev–Trinajstić information content (AvgIpc) is 3.33. The normalized spacial score (nSPS) is 14.6. The second-order valence-corrected chi connectivity index (χ2v) is 10.0. The molecule has 0 spiro atoms. The quantitative estimate of drug-likeness (QED) is 0.618. The molecule has 1 amide bonds. The molecule has 0 aromatic heterocycles. The number of nitrogens with one attached hydrogen (secondary N) is 1. The zero-order valence-electron chi connectivity index (χ0n) is 18.7. The van der Waals surface area contributed by atoms with Crippen LogP contribution in [0.25, 0.3) is 0 Å². The van der Waals surface area contributed by atoms with Crippen molar-refractivity contribution in [2.24, 2.45) is 0 Å². The largest absolute Gasteiger partial charge is 0.449 e. The standard InChI is InChI=1S/C23H26N4O5S/c1-16(22(28)25-18-8-6-7-17(13-18)15-24)32-23(29)20-14-19(33(30,31)26(2)3)9-10-21(20)27-11-4-5-12-27/h6-10,13-14,16H,4-5,11-12H2,1-3H3,(H,25,28). The predicted octanol–water partition coefficient (Wildman–Crippen LogP) is 2.59. The highest BCUT2D eigenvalue weighted by atomic mass is 32.2. The smallest absolute Gasteiger partial charge is 0.341 e. The van der Waals surface area contributed by atoms with Crippen molar-refractivity contribution in [2.75, 3.05) is 37.4 Å². The van der Waals surface area contributed by atoms with Crippen LogP contribution in [0.2, 0.25) is 0 Å². The van der Waals surface area contributed by atoms with E-state index in [1.165, 1.54) is 39.2 Å². The third kappa shape index (κ3) is 5.50. The Morgan fingerprint density at radius 3 is 2.48 bits per heavy atom. The molecule has 2 aromatic carbocycles. The number of sulfonamides is 1. The summed E-state index contributed by atoms with van der Waals surface area (Å²) in [7, 11) is -0.940. The summed E-state index contributed by atoms with van der Waals surface area (Å²) in [4.78, 5) is 27.6. The van der Waals surface area contributed by atoms with Crippen LogP contribution in [0.1, 0.15) is 35.7 Å². The Labute approximate surface area is 193 Å². The molecule has 1 aliphatic rings. The fraction of sp³-hybridized carbons (Fsp3) is 0.348. The fourth-order valence-electron chi connectivity index (χ4n) is 3.47. The number of rotatable bonds is 7. The van der Waals surface area contributed by atoms with Gasteiger partial charge in [0.1, 0.15) is 0 Å². The molecule has 0 aliphatic carbocycles. The first-order chi connectivity index (χ1) is 15.6. The number of benzene rings is 2. The molecule has 1 N–H and O–H groups in total. The molecule has 174 valence electrons. The zero-order chi connectivity index (χ0) is 24.2. The molecule has 3 rings (SSSR count). The Kier molecular flexibility index (Phi) is 7.36. The molecular weight excluding hydrogens is 444 g/mol. The number of carbonyl (C=O) groups is 2. The number of anilines is 2. The van der Waals surface area contributed by atoms with E-state index in [9.17, 15) is 18.0 Å². The molecule has 1 unspecified atom stereocenters. The Balaban J connectivity index is 1.84. The van der Waals surface area contributed by atoms with Crippen LogP contribution in [0.5, 0.6) is 0 Å². The summed E-state index contributed by atoms with van der Waals surface area (Å²) in [6.07, 6.45) is 0.781. The Morgan fingerprint density at radius 2 is 1.85 bits per heavy atom. The van der Waals surface area contributed by atoms with Gasteiger partial charge in [0.2, 0.25) is 10.0 Å². The van der Waals surface area contributed by atoms with Crippen LogP contribution in [-0.2, 0) is 19.6 Å². The monoisotopic (exact) mass is 470 g/mol. The van der Waals surface area contributed by atoms with E-state index < -0.39 is 28.0 Å². The first-order valence-corrected chi connectivity index (χ1v) is 11.9. The van der Waals surface area contributed by atoms with Crippen molar-refractivity contribution in [3.8, 4) is 6.07 Å². The number of esters is 1. The van der Waals surface area contributed by atoms with Gasteiger partial charge >= 0.3 is 5.97 Å². The van der Waals surface area contributed by atoms with Gasteiger partial charge < -0.3 is 15.0 Å². The van der Waals surface area contributed by atoms with Gasteiger partial charge in [-0.25, -0.2) is 17.5 Å². The maximum absolute atomic E-state index is 13.1. The number of carbonyl (C=O) groups excluding carboxylic acids is 2. The molecule has 1 atom stereocenters. The molecule has 2 aromatic rings. The average molecular weight is 471 g/mol. The van der Waals surface area contributed by atoms with Crippen molar-refractivity contribution in [1.82, 2.24) is 4.31 Å². The van der Waals surface area contributed by atoms with Gasteiger partial charge in [-0.2, -0.15) is 5.26 Å².